The number of aromatic nitrogens is 2. The van der Waals surface area contributed by atoms with Gasteiger partial charge in [0.15, 0.2) is 0 Å². The third kappa shape index (κ3) is 3.89. The fourth-order valence-electron chi connectivity index (χ4n) is 3.44. The molecule has 0 saturated carbocycles. The molecule has 3 aromatic rings. The van der Waals surface area contributed by atoms with E-state index in [2.05, 4.69) is 26.5 Å². The summed E-state index contributed by atoms with van der Waals surface area (Å²) >= 11 is 1.66. The second kappa shape index (κ2) is 7.88. The number of piperidine rings is 1. The topological polar surface area (TPSA) is 74.2 Å². The van der Waals surface area contributed by atoms with Gasteiger partial charge < -0.3 is 9.73 Å². The van der Waals surface area contributed by atoms with Crippen LogP contribution in [-0.4, -0.2) is 34.1 Å². The Morgan fingerprint density at radius 3 is 3.19 bits per heavy atom. The smallest absolute Gasteiger partial charge is 0.224 e. The summed E-state index contributed by atoms with van der Waals surface area (Å²) in [6.45, 7) is 3.04. The number of nitrogens with one attached hydrogen (secondary N) is 2. The number of furan rings is 1. The molecule has 7 heteroatoms. The van der Waals surface area contributed by atoms with E-state index in [1.165, 1.54) is 0 Å². The Kier molecular flexibility index (Phi) is 5.17. The van der Waals surface area contributed by atoms with E-state index in [0.29, 0.717) is 6.54 Å². The van der Waals surface area contributed by atoms with Gasteiger partial charge in [-0.15, -0.1) is 11.3 Å². The standard InChI is InChI=1S/C19H22N4O2S/c24-19(14-4-1-7-23(12-14)13-16-5-2-8-25-16)20-10-15-11-21-22-18(15)17-6-3-9-26-17/h2-3,5-6,8-9,11,14H,1,4,7,10,12-13H2,(H,20,24)(H,21,22). The monoisotopic (exact) mass is 370 g/mol. The number of thiophene rings is 1. The fourth-order valence-corrected chi connectivity index (χ4v) is 4.20. The normalized spacial score (nSPS) is 18.1. The van der Waals surface area contributed by atoms with E-state index in [4.69, 9.17) is 4.42 Å². The van der Waals surface area contributed by atoms with Crippen LogP contribution in [0.2, 0.25) is 0 Å². The molecule has 0 aliphatic carbocycles. The molecule has 0 bridgehead atoms. The van der Waals surface area contributed by atoms with Crippen molar-refractivity contribution in [1.29, 1.82) is 0 Å². The van der Waals surface area contributed by atoms with Gasteiger partial charge in [0.05, 0.1) is 35.5 Å². The van der Waals surface area contributed by atoms with Gasteiger partial charge in [0.1, 0.15) is 5.76 Å². The predicted molar refractivity (Wildman–Crippen MR) is 100 cm³/mol. The zero-order valence-corrected chi connectivity index (χ0v) is 15.3. The van der Waals surface area contributed by atoms with Crippen molar-refractivity contribution >= 4 is 17.2 Å². The van der Waals surface area contributed by atoms with Gasteiger partial charge in [-0.3, -0.25) is 14.8 Å². The van der Waals surface area contributed by atoms with Gasteiger partial charge >= 0.3 is 0 Å². The Morgan fingerprint density at radius 2 is 2.38 bits per heavy atom. The molecule has 0 radical (unpaired) electrons. The molecule has 1 aliphatic heterocycles. The van der Waals surface area contributed by atoms with Gasteiger partial charge in [-0.25, -0.2) is 0 Å². The largest absolute Gasteiger partial charge is 0.468 e. The first-order valence-electron chi connectivity index (χ1n) is 8.88. The minimum Gasteiger partial charge on any atom is -0.468 e. The molecule has 6 nitrogen and oxygen atoms in total. The molecule has 1 amide bonds. The Hall–Kier alpha value is -2.38. The van der Waals surface area contributed by atoms with Crippen LogP contribution in [0.25, 0.3) is 10.6 Å². The summed E-state index contributed by atoms with van der Waals surface area (Å²) in [6.07, 6.45) is 5.45. The van der Waals surface area contributed by atoms with Crippen LogP contribution < -0.4 is 5.32 Å². The second-order valence-corrected chi connectivity index (χ2v) is 7.57. The SMILES string of the molecule is O=C(NCc1cn[nH]c1-c1cccs1)C1CCCN(Cc2ccco2)C1. The summed E-state index contributed by atoms with van der Waals surface area (Å²) in [5.41, 5.74) is 2.01. The van der Waals surface area contributed by atoms with E-state index < -0.39 is 0 Å². The van der Waals surface area contributed by atoms with Crippen LogP contribution in [0, 0.1) is 5.92 Å². The number of amides is 1. The van der Waals surface area contributed by atoms with E-state index in [1.54, 1.807) is 23.8 Å². The van der Waals surface area contributed by atoms with Gasteiger partial charge in [0.25, 0.3) is 0 Å². The zero-order chi connectivity index (χ0) is 17.8. The van der Waals surface area contributed by atoms with Crippen LogP contribution in [0.15, 0.2) is 46.5 Å². The molecule has 1 atom stereocenters. The molecule has 4 rings (SSSR count). The highest BCUT2D eigenvalue weighted by atomic mass is 32.1. The molecule has 0 spiro atoms. The van der Waals surface area contributed by atoms with Crippen LogP contribution in [0.4, 0.5) is 0 Å². The number of carbonyl (C=O) groups is 1. The summed E-state index contributed by atoms with van der Waals surface area (Å²) in [7, 11) is 0. The summed E-state index contributed by atoms with van der Waals surface area (Å²) in [6, 6.07) is 7.95. The van der Waals surface area contributed by atoms with Gasteiger partial charge in [-0.2, -0.15) is 5.10 Å². The third-order valence-electron chi connectivity index (χ3n) is 4.77. The highest BCUT2D eigenvalue weighted by Crippen LogP contribution is 2.26. The van der Waals surface area contributed by atoms with Crippen molar-refractivity contribution in [2.45, 2.75) is 25.9 Å². The Morgan fingerprint density at radius 1 is 1.42 bits per heavy atom. The van der Waals surface area contributed by atoms with Crippen LogP contribution in [-0.2, 0) is 17.9 Å². The van der Waals surface area contributed by atoms with E-state index in [-0.39, 0.29) is 11.8 Å². The summed E-state index contributed by atoms with van der Waals surface area (Å²) in [5, 5.41) is 12.3. The molecule has 1 saturated heterocycles. The molecule has 26 heavy (non-hydrogen) atoms. The van der Waals surface area contributed by atoms with Gasteiger partial charge in [0.2, 0.25) is 5.91 Å². The molecular weight excluding hydrogens is 348 g/mol. The lowest BCUT2D eigenvalue weighted by Gasteiger charge is -2.31. The van der Waals surface area contributed by atoms with Crippen LogP contribution >= 0.6 is 11.3 Å². The maximum Gasteiger partial charge on any atom is 0.224 e. The van der Waals surface area contributed by atoms with Crippen LogP contribution in [0.1, 0.15) is 24.2 Å². The average molecular weight is 370 g/mol. The molecule has 1 fully saturated rings. The average Bonchev–Trinajstić information content (AvgIpc) is 3.41. The van der Waals surface area contributed by atoms with E-state index in [0.717, 1.165) is 54.4 Å². The lowest BCUT2D eigenvalue weighted by Crippen LogP contribution is -2.42. The van der Waals surface area contributed by atoms with E-state index in [9.17, 15) is 4.79 Å². The van der Waals surface area contributed by atoms with Crippen molar-refractivity contribution in [2.24, 2.45) is 5.92 Å². The molecular formula is C19H22N4O2S. The quantitative estimate of drug-likeness (QED) is 0.698. The van der Waals surface area contributed by atoms with E-state index >= 15 is 0 Å². The number of carbonyl (C=O) groups excluding carboxylic acids is 1. The minimum absolute atomic E-state index is 0.0239. The summed E-state index contributed by atoms with van der Waals surface area (Å²) < 4.78 is 5.43. The minimum atomic E-state index is 0.0239. The van der Waals surface area contributed by atoms with E-state index in [1.807, 2.05) is 23.6 Å². The lowest BCUT2D eigenvalue weighted by atomic mass is 9.97. The molecule has 1 aliphatic rings. The highest BCUT2D eigenvalue weighted by Gasteiger charge is 2.26. The van der Waals surface area contributed by atoms with Crippen molar-refractivity contribution in [3.63, 3.8) is 0 Å². The second-order valence-electron chi connectivity index (χ2n) is 6.62. The zero-order valence-electron chi connectivity index (χ0n) is 14.5. The molecule has 2 N–H and O–H groups in total. The summed E-state index contributed by atoms with van der Waals surface area (Å²) in [4.78, 5) is 16.1. The maximum atomic E-state index is 12.6. The first-order valence-corrected chi connectivity index (χ1v) is 9.76. The van der Waals surface area contributed by atoms with Crippen molar-refractivity contribution in [1.82, 2.24) is 20.4 Å². The molecule has 4 heterocycles. The highest BCUT2D eigenvalue weighted by molar-refractivity contribution is 7.13. The van der Waals surface area contributed by atoms with Gasteiger partial charge in [-0.1, -0.05) is 6.07 Å². The number of rotatable bonds is 6. The Bertz CT molecular complexity index is 826. The lowest BCUT2D eigenvalue weighted by molar-refractivity contribution is -0.127. The Labute approximate surface area is 156 Å². The molecule has 1 unspecified atom stereocenters. The number of aromatic amines is 1. The number of likely N-dealkylation sites (tertiary alicyclic amines) is 1. The maximum absolute atomic E-state index is 12.6. The number of hydrogen-bond donors (Lipinski definition) is 2. The fraction of sp³-hybridized carbons (Fsp3) is 0.368. The van der Waals surface area contributed by atoms with Crippen LogP contribution in [0.5, 0.6) is 0 Å². The van der Waals surface area contributed by atoms with Crippen molar-refractivity contribution in [3.8, 4) is 10.6 Å². The molecule has 3 aromatic heterocycles. The summed E-state index contributed by atoms with van der Waals surface area (Å²) in [5.74, 6) is 1.09. The van der Waals surface area contributed by atoms with Gasteiger partial charge in [0, 0.05) is 18.7 Å². The molecule has 0 aromatic carbocycles. The third-order valence-corrected chi connectivity index (χ3v) is 5.66. The molecule has 136 valence electrons. The first kappa shape index (κ1) is 17.1. The predicted octanol–water partition coefficient (Wildman–Crippen LogP) is 3.26. The van der Waals surface area contributed by atoms with Crippen molar-refractivity contribution in [3.05, 3.63) is 53.4 Å². The van der Waals surface area contributed by atoms with Gasteiger partial charge in [-0.05, 0) is 43.0 Å². The Balaban J connectivity index is 1.33. The van der Waals surface area contributed by atoms with Crippen molar-refractivity contribution < 1.29 is 9.21 Å². The number of H-pyrrole nitrogens is 1. The number of nitrogens with zero attached hydrogens (tertiary/aromatic N) is 2. The van der Waals surface area contributed by atoms with Crippen LogP contribution in [0.3, 0.4) is 0 Å². The first-order chi connectivity index (χ1) is 12.8. The number of hydrogen-bond acceptors (Lipinski definition) is 5. The van der Waals surface area contributed by atoms with Crippen molar-refractivity contribution in [2.75, 3.05) is 13.1 Å².